The van der Waals surface area contributed by atoms with Crippen LogP contribution in [-0.2, 0) is 4.74 Å². The highest BCUT2D eigenvalue weighted by molar-refractivity contribution is 5.89. The fraction of sp³-hybridized carbons (Fsp3) is 0.500. The maximum Gasteiger partial charge on any atom is 0.338 e. The third-order valence-electron chi connectivity index (χ3n) is 2.78. The van der Waals surface area contributed by atoms with Crippen molar-refractivity contribution in [3.05, 3.63) is 35.6 Å². The number of hydrogen-bond donors (Lipinski definition) is 0. The van der Waals surface area contributed by atoms with E-state index < -0.39 is 11.8 Å². The molecular weight excluding hydrogens is 233 g/mol. The van der Waals surface area contributed by atoms with Crippen LogP contribution in [-0.4, -0.2) is 36.6 Å². The first-order chi connectivity index (χ1) is 8.56. The first kappa shape index (κ1) is 14.6. The smallest absolute Gasteiger partial charge is 0.338 e. The summed E-state index contributed by atoms with van der Waals surface area (Å²) in [6, 6.07) is 5.54. The molecule has 0 fully saturated rings. The highest BCUT2D eigenvalue weighted by Crippen LogP contribution is 2.07. The molecule has 0 aliphatic carbocycles. The van der Waals surface area contributed by atoms with Crippen LogP contribution in [0, 0.1) is 5.82 Å². The number of halogens is 1. The number of nitrogens with zero attached hydrogens (tertiary/aromatic N) is 1. The third kappa shape index (κ3) is 4.45. The van der Waals surface area contributed by atoms with E-state index in [2.05, 4.69) is 18.7 Å². The Bertz CT molecular complexity index is 391. The summed E-state index contributed by atoms with van der Waals surface area (Å²) in [6.07, 6.45) is -0.208. The number of rotatable bonds is 6. The minimum atomic E-state index is -0.478. The van der Waals surface area contributed by atoms with E-state index in [0.29, 0.717) is 6.54 Å². The van der Waals surface area contributed by atoms with E-state index in [1.165, 1.54) is 18.2 Å². The maximum absolute atomic E-state index is 13.0. The van der Waals surface area contributed by atoms with Gasteiger partial charge in [-0.1, -0.05) is 19.9 Å². The van der Waals surface area contributed by atoms with Crippen LogP contribution in [0.2, 0.25) is 0 Å². The summed E-state index contributed by atoms with van der Waals surface area (Å²) < 4.78 is 18.2. The molecular formula is C14H20FNO2. The number of esters is 1. The van der Waals surface area contributed by atoms with Gasteiger partial charge in [-0.2, -0.15) is 0 Å². The van der Waals surface area contributed by atoms with Crippen LogP contribution in [0.1, 0.15) is 31.1 Å². The van der Waals surface area contributed by atoms with Gasteiger partial charge in [0.2, 0.25) is 0 Å². The van der Waals surface area contributed by atoms with Crippen LogP contribution in [0.4, 0.5) is 4.39 Å². The lowest BCUT2D eigenvalue weighted by atomic mass is 10.2. The molecule has 0 heterocycles. The Balaban J connectivity index is 2.54. The number of likely N-dealkylation sites (N-methyl/N-ethyl adjacent to an activating group) is 1. The fourth-order valence-electron chi connectivity index (χ4n) is 1.75. The Hall–Kier alpha value is -1.42. The lowest BCUT2D eigenvalue weighted by molar-refractivity contribution is 0.0260. The minimum absolute atomic E-state index is 0.208. The van der Waals surface area contributed by atoms with Gasteiger partial charge >= 0.3 is 5.97 Å². The molecule has 3 nitrogen and oxygen atoms in total. The van der Waals surface area contributed by atoms with E-state index in [4.69, 9.17) is 4.74 Å². The number of carbonyl (C=O) groups excluding carboxylic acids is 1. The van der Waals surface area contributed by atoms with Crippen molar-refractivity contribution in [2.45, 2.75) is 26.9 Å². The molecule has 0 saturated carbocycles. The van der Waals surface area contributed by atoms with Crippen LogP contribution in [0.5, 0.6) is 0 Å². The molecule has 0 aliphatic heterocycles. The van der Waals surface area contributed by atoms with Gasteiger partial charge < -0.3 is 9.64 Å². The second kappa shape index (κ2) is 7.11. The molecule has 0 aromatic heterocycles. The fourth-order valence-corrected chi connectivity index (χ4v) is 1.75. The van der Waals surface area contributed by atoms with Gasteiger partial charge in [0, 0.05) is 6.54 Å². The zero-order valence-corrected chi connectivity index (χ0v) is 11.1. The molecule has 18 heavy (non-hydrogen) atoms. The summed E-state index contributed by atoms with van der Waals surface area (Å²) in [6.45, 7) is 8.48. The van der Waals surface area contributed by atoms with Crippen molar-refractivity contribution in [3.8, 4) is 0 Å². The van der Waals surface area contributed by atoms with E-state index in [-0.39, 0.29) is 11.7 Å². The Kier molecular flexibility index (Phi) is 5.78. The summed E-state index contributed by atoms with van der Waals surface area (Å²) >= 11 is 0. The van der Waals surface area contributed by atoms with E-state index in [1.54, 1.807) is 6.07 Å². The molecule has 0 saturated heterocycles. The van der Waals surface area contributed by atoms with E-state index in [0.717, 1.165) is 13.1 Å². The van der Waals surface area contributed by atoms with E-state index in [1.807, 2.05) is 6.92 Å². The van der Waals surface area contributed by atoms with Crippen molar-refractivity contribution in [2.75, 3.05) is 19.6 Å². The normalized spacial score (nSPS) is 12.5. The molecule has 1 rings (SSSR count). The van der Waals surface area contributed by atoms with Crippen molar-refractivity contribution < 1.29 is 13.9 Å². The molecule has 1 aromatic carbocycles. The lowest BCUT2D eigenvalue weighted by Gasteiger charge is -2.22. The van der Waals surface area contributed by atoms with Gasteiger partial charge in [0.1, 0.15) is 11.9 Å². The minimum Gasteiger partial charge on any atom is -0.458 e. The highest BCUT2D eigenvalue weighted by atomic mass is 19.1. The molecule has 100 valence electrons. The van der Waals surface area contributed by atoms with Crippen LogP contribution in [0.3, 0.4) is 0 Å². The second-order valence-electron chi connectivity index (χ2n) is 4.21. The van der Waals surface area contributed by atoms with Gasteiger partial charge in [0.05, 0.1) is 5.56 Å². The molecule has 0 bridgehead atoms. The highest BCUT2D eigenvalue weighted by Gasteiger charge is 2.14. The summed E-state index contributed by atoms with van der Waals surface area (Å²) in [5.41, 5.74) is 0.251. The van der Waals surface area contributed by atoms with Crippen LogP contribution >= 0.6 is 0 Å². The van der Waals surface area contributed by atoms with Gasteiger partial charge in [-0.3, -0.25) is 0 Å². The molecule has 0 amide bonds. The lowest BCUT2D eigenvalue weighted by Crippen LogP contribution is -2.33. The van der Waals surface area contributed by atoms with Gasteiger partial charge in [0.15, 0.2) is 0 Å². The standard InChI is InChI=1S/C14H20FNO2/c1-4-16(5-2)10-11(3)18-14(17)12-7-6-8-13(15)9-12/h6-9,11H,4-5,10H2,1-3H3/t11-/m0/s1. The van der Waals surface area contributed by atoms with Crippen molar-refractivity contribution in [3.63, 3.8) is 0 Å². The van der Waals surface area contributed by atoms with Gasteiger partial charge in [-0.15, -0.1) is 0 Å². The Morgan fingerprint density at radius 1 is 1.39 bits per heavy atom. The average molecular weight is 253 g/mol. The number of ether oxygens (including phenoxy) is 1. The number of benzene rings is 1. The SMILES string of the molecule is CCN(CC)C[C@H](C)OC(=O)c1cccc(F)c1. The monoisotopic (exact) mass is 253 g/mol. The first-order valence-corrected chi connectivity index (χ1v) is 6.25. The molecule has 4 heteroatoms. The topological polar surface area (TPSA) is 29.5 Å². The average Bonchev–Trinajstić information content (AvgIpc) is 2.35. The Labute approximate surface area is 108 Å². The molecule has 0 N–H and O–H groups in total. The van der Waals surface area contributed by atoms with Crippen LogP contribution in [0.15, 0.2) is 24.3 Å². The predicted molar refractivity (Wildman–Crippen MR) is 69.1 cm³/mol. The van der Waals surface area contributed by atoms with Gasteiger partial charge in [-0.25, -0.2) is 9.18 Å². The largest absolute Gasteiger partial charge is 0.458 e. The summed E-state index contributed by atoms with van der Waals surface area (Å²) in [5, 5.41) is 0. The quantitative estimate of drug-likeness (QED) is 0.730. The Morgan fingerprint density at radius 2 is 2.06 bits per heavy atom. The molecule has 0 radical (unpaired) electrons. The van der Waals surface area contributed by atoms with Crippen LogP contribution in [0.25, 0.3) is 0 Å². The number of hydrogen-bond acceptors (Lipinski definition) is 3. The van der Waals surface area contributed by atoms with Crippen molar-refractivity contribution >= 4 is 5.97 Å². The second-order valence-corrected chi connectivity index (χ2v) is 4.21. The zero-order valence-electron chi connectivity index (χ0n) is 11.1. The van der Waals surface area contributed by atoms with E-state index in [9.17, 15) is 9.18 Å². The summed E-state index contributed by atoms with van der Waals surface area (Å²) in [5.74, 6) is -0.907. The Morgan fingerprint density at radius 3 is 2.61 bits per heavy atom. The molecule has 0 aliphatic rings. The predicted octanol–water partition coefficient (Wildman–Crippen LogP) is 2.71. The van der Waals surface area contributed by atoms with Gasteiger partial charge in [0.25, 0.3) is 0 Å². The molecule has 0 spiro atoms. The summed E-state index contributed by atoms with van der Waals surface area (Å²) in [7, 11) is 0. The van der Waals surface area contributed by atoms with Crippen molar-refractivity contribution in [1.29, 1.82) is 0 Å². The van der Waals surface area contributed by atoms with E-state index >= 15 is 0 Å². The molecule has 0 unspecified atom stereocenters. The first-order valence-electron chi connectivity index (χ1n) is 6.25. The third-order valence-corrected chi connectivity index (χ3v) is 2.78. The van der Waals surface area contributed by atoms with Crippen molar-refractivity contribution in [1.82, 2.24) is 4.90 Å². The van der Waals surface area contributed by atoms with Crippen molar-refractivity contribution in [2.24, 2.45) is 0 Å². The molecule has 1 atom stereocenters. The maximum atomic E-state index is 13.0. The van der Waals surface area contributed by atoms with Gasteiger partial charge in [-0.05, 0) is 38.2 Å². The van der Waals surface area contributed by atoms with Crippen LogP contribution < -0.4 is 0 Å². The molecule has 1 aromatic rings. The zero-order chi connectivity index (χ0) is 13.5. The number of carbonyl (C=O) groups is 1. The summed E-state index contributed by atoms with van der Waals surface area (Å²) in [4.78, 5) is 13.9.